The summed E-state index contributed by atoms with van der Waals surface area (Å²) in [6.07, 6.45) is 23.5. The Bertz CT molecular complexity index is 294. The van der Waals surface area contributed by atoms with Crippen molar-refractivity contribution in [3.8, 4) is 0 Å². The molecule has 1 heterocycles. The number of thiol groups is 1. The lowest BCUT2D eigenvalue weighted by molar-refractivity contribution is 0.00979. The van der Waals surface area contributed by atoms with Crippen LogP contribution in [0.3, 0.4) is 0 Å². The molecule has 2 aliphatic rings. The molecule has 142 valence electrons. The van der Waals surface area contributed by atoms with E-state index in [0.29, 0.717) is 6.10 Å². The molecule has 2 rings (SSSR count). The number of ether oxygens (including phenoxy) is 1. The van der Waals surface area contributed by atoms with Crippen molar-refractivity contribution in [1.29, 1.82) is 0 Å². The predicted octanol–water partition coefficient (Wildman–Crippen LogP) is 6.46. The summed E-state index contributed by atoms with van der Waals surface area (Å²) < 4.78 is 5.82. The second-order valence-electron chi connectivity index (χ2n) is 8.46. The molecule has 2 heteroatoms. The van der Waals surface area contributed by atoms with Crippen LogP contribution in [-0.2, 0) is 16.5 Å². The van der Waals surface area contributed by atoms with Gasteiger partial charge in [-0.15, -0.1) is 0 Å². The molecule has 1 saturated carbocycles. The van der Waals surface area contributed by atoms with E-state index in [-0.39, 0.29) is 0 Å². The van der Waals surface area contributed by atoms with Gasteiger partial charge in [-0.2, -0.15) is 0 Å². The Morgan fingerprint density at radius 3 is 2.46 bits per heavy atom. The Balaban J connectivity index is 1.34. The minimum Gasteiger partial charge on any atom is -0.378 e. The van der Waals surface area contributed by atoms with E-state index in [1.807, 2.05) is 0 Å². The van der Waals surface area contributed by atoms with E-state index < -0.39 is 0 Å². The highest BCUT2D eigenvalue weighted by Crippen LogP contribution is 2.50. The molecule has 2 fully saturated rings. The molecule has 1 aliphatic carbocycles. The molecule has 1 atom stereocenters. The van der Waals surface area contributed by atoms with Crippen molar-refractivity contribution in [2.24, 2.45) is 5.41 Å². The van der Waals surface area contributed by atoms with Gasteiger partial charge in [-0.3, -0.25) is 0 Å². The Labute approximate surface area is 156 Å². The van der Waals surface area contributed by atoms with Gasteiger partial charge in [0.1, 0.15) is 11.5 Å². The van der Waals surface area contributed by atoms with Crippen LogP contribution in [0.2, 0.25) is 0 Å². The molecule has 1 nitrogen and oxygen atoms in total. The van der Waals surface area contributed by atoms with E-state index in [2.05, 4.69) is 6.92 Å². The summed E-state index contributed by atoms with van der Waals surface area (Å²) in [5, 5.41) is 0. The average molecular weight is 356 g/mol. The summed E-state index contributed by atoms with van der Waals surface area (Å²) in [4.78, 5) is 0. The van der Waals surface area contributed by atoms with Crippen LogP contribution in [-0.4, -0.2) is 24.2 Å². The van der Waals surface area contributed by atoms with Crippen molar-refractivity contribution in [2.45, 2.75) is 116 Å². The zero-order valence-electron chi connectivity index (χ0n) is 16.4. The molecule has 1 aliphatic heterocycles. The minimum atomic E-state index is 0.601. The zero-order chi connectivity index (χ0) is 16.9. The van der Waals surface area contributed by atoms with Crippen LogP contribution in [0.4, 0.5) is 0 Å². The van der Waals surface area contributed by atoms with Gasteiger partial charge >= 0.3 is 0 Å². The van der Waals surface area contributed by atoms with Crippen molar-refractivity contribution >= 4 is 11.8 Å². The molecular formula is C22H43OS+. The smallest absolute Gasteiger partial charge is 0.111 e. The van der Waals surface area contributed by atoms with Crippen LogP contribution in [0.15, 0.2) is 0 Å². The van der Waals surface area contributed by atoms with Gasteiger partial charge in [0, 0.05) is 12.0 Å². The highest BCUT2D eigenvalue weighted by Gasteiger charge is 2.44. The third-order valence-corrected chi connectivity index (χ3v) is 7.61. The van der Waals surface area contributed by atoms with E-state index in [0.717, 1.165) is 12.0 Å². The molecule has 0 spiro atoms. The fourth-order valence-corrected chi connectivity index (χ4v) is 5.62. The van der Waals surface area contributed by atoms with E-state index in [9.17, 15) is 0 Å². The SMILES string of the molecule is CCCCCCCC1(C[SH+]CCCCCCC2CCCCO2)CC1. The quantitative estimate of drug-likeness (QED) is 0.186. The highest BCUT2D eigenvalue weighted by atomic mass is 32.2. The summed E-state index contributed by atoms with van der Waals surface area (Å²) in [6.45, 7) is 3.33. The Morgan fingerprint density at radius 2 is 1.71 bits per heavy atom. The number of hydrogen-bond donors (Lipinski definition) is 0. The molecule has 0 amide bonds. The number of hydrogen-bond acceptors (Lipinski definition) is 1. The van der Waals surface area contributed by atoms with Crippen molar-refractivity contribution < 1.29 is 4.74 Å². The topological polar surface area (TPSA) is 9.23 Å². The maximum atomic E-state index is 5.82. The van der Waals surface area contributed by atoms with Gasteiger partial charge < -0.3 is 4.74 Å². The zero-order valence-corrected chi connectivity index (χ0v) is 17.3. The predicted molar refractivity (Wildman–Crippen MR) is 110 cm³/mol. The molecule has 1 saturated heterocycles. The van der Waals surface area contributed by atoms with Gasteiger partial charge in [0.05, 0.1) is 6.10 Å². The van der Waals surface area contributed by atoms with Crippen LogP contribution >= 0.6 is 0 Å². The Morgan fingerprint density at radius 1 is 0.917 bits per heavy atom. The molecule has 0 aromatic rings. The first kappa shape index (κ1) is 20.6. The van der Waals surface area contributed by atoms with Gasteiger partial charge in [-0.1, -0.05) is 51.9 Å². The minimum absolute atomic E-state index is 0.601. The normalized spacial score (nSPS) is 22.6. The first-order valence-electron chi connectivity index (χ1n) is 11.1. The first-order chi connectivity index (χ1) is 11.8. The summed E-state index contributed by atoms with van der Waals surface area (Å²) in [6, 6.07) is 0. The van der Waals surface area contributed by atoms with E-state index in [1.165, 1.54) is 114 Å². The molecule has 0 aromatic carbocycles. The fourth-order valence-electron chi connectivity index (χ4n) is 4.07. The van der Waals surface area contributed by atoms with Gasteiger partial charge in [0.15, 0.2) is 0 Å². The monoisotopic (exact) mass is 355 g/mol. The number of rotatable bonds is 15. The molecular weight excluding hydrogens is 312 g/mol. The van der Waals surface area contributed by atoms with Crippen LogP contribution in [0.5, 0.6) is 0 Å². The summed E-state index contributed by atoms with van der Waals surface area (Å²) in [5.41, 5.74) is 0.812. The second-order valence-corrected chi connectivity index (χ2v) is 9.67. The lowest BCUT2D eigenvalue weighted by Gasteiger charge is -2.22. The third kappa shape index (κ3) is 9.13. The molecule has 0 bridgehead atoms. The molecule has 0 radical (unpaired) electrons. The summed E-state index contributed by atoms with van der Waals surface area (Å²) in [5.74, 6) is 2.97. The van der Waals surface area contributed by atoms with E-state index in [1.54, 1.807) is 11.8 Å². The lowest BCUT2D eigenvalue weighted by Crippen LogP contribution is -2.18. The average Bonchev–Trinajstić information content (AvgIpc) is 3.38. The summed E-state index contributed by atoms with van der Waals surface area (Å²) in [7, 11) is 0. The van der Waals surface area contributed by atoms with Crippen LogP contribution < -0.4 is 0 Å². The van der Waals surface area contributed by atoms with Crippen molar-refractivity contribution in [1.82, 2.24) is 0 Å². The highest BCUT2D eigenvalue weighted by molar-refractivity contribution is 7.78. The van der Waals surface area contributed by atoms with Gasteiger partial charge in [0.25, 0.3) is 0 Å². The van der Waals surface area contributed by atoms with Crippen LogP contribution in [0.1, 0.15) is 110 Å². The molecule has 24 heavy (non-hydrogen) atoms. The molecule has 1 unspecified atom stereocenters. The van der Waals surface area contributed by atoms with Crippen LogP contribution in [0.25, 0.3) is 0 Å². The molecule has 0 N–H and O–H groups in total. The first-order valence-corrected chi connectivity index (χ1v) is 12.4. The second kappa shape index (κ2) is 12.6. The maximum absolute atomic E-state index is 5.82. The Kier molecular flexibility index (Phi) is 10.9. The lowest BCUT2D eigenvalue weighted by atomic mass is 10.00. The Hall–Kier alpha value is 0.310. The fraction of sp³-hybridized carbons (Fsp3) is 1.00. The summed E-state index contributed by atoms with van der Waals surface area (Å²) >= 11 is 1.75. The van der Waals surface area contributed by atoms with Crippen molar-refractivity contribution in [3.63, 3.8) is 0 Å². The van der Waals surface area contributed by atoms with E-state index in [4.69, 9.17) is 4.74 Å². The van der Waals surface area contributed by atoms with Crippen molar-refractivity contribution in [3.05, 3.63) is 0 Å². The third-order valence-electron chi connectivity index (χ3n) is 6.08. The maximum Gasteiger partial charge on any atom is 0.111 e. The van der Waals surface area contributed by atoms with Gasteiger partial charge in [-0.25, -0.2) is 0 Å². The van der Waals surface area contributed by atoms with Crippen LogP contribution in [0, 0.1) is 5.41 Å². The van der Waals surface area contributed by atoms with Gasteiger partial charge in [-0.05, 0) is 69.5 Å². The van der Waals surface area contributed by atoms with Gasteiger partial charge in [0.2, 0.25) is 0 Å². The standard InChI is InChI=1S/C22H42OS/c1-2-3-4-6-10-15-22(16-17-22)20-24-19-12-7-5-8-13-21-14-9-11-18-23-21/h21H,2-20H2,1H3/p+1. The largest absolute Gasteiger partial charge is 0.378 e. The molecule has 0 aromatic heterocycles. The number of unbranched alkanes of at least 4 members (excludes halogenated alkanes) is 7. The van der Waals surface area contributed by atoms with Crippen molar-refractivity contribution in [2.75, 3.05) is 18.1 Å². The van der Waals surface area contributed by atoms with E-state index >= 15 is 0 Å².